The molecule has 0 fully saturated rings. The van der Waals surface area contributed by atoms with E-state index in [1.165, 1.54) is 0 Å². The zero-order valence-corrected chi connectivity index (χ0v) is 18.8. The van der Waals surface area contributed by atoms with Crippen molar-refractivity contribution in [2.75, 3.05) is 31.6 Å². The van der Waals surface area contributed by atoms with Crippen LogP contribution in [-0.4, -0.2) is 49.8 Å². The number of anilines is 1. The van der Waals surface area contributed by atoms with Crippen LogP contribution in [0.15, 0.2) is 29.3 Å². The lowest BCUT2D eigenvalue weighted by Gasteiger charge is -2.20. The van der Waals surface area contributed by atoms with Gasteiger partial charge >= 0.3 is 0 Å². The SMILES string of the molecule is CCCCOCCNC(=NCC(=O)NC(C)(C)C)Nc1ccc(OC(C)C)cc1. The maximum atomic E-state index is 12.1. The van der Waals surface area contributed by atoms with Gasteiger partial charge in [-0.15, -0.1) is 0 Å². The van der Waals surface area contributed by atoms with Crippen LogP contribution >= 0.6 is 0 Å². The number of amides is 1. The number of guanidine groups is 1. The van der Waals surface area contributed by atoms with Gasteiger partial charge in [0.25, 0.3) is 0 Å². The fourth-order valence-electron chi connectivity index (χ4n) is 2.36. The van der Waals surface area contributed by atoms with Crippen LogP contribution in [0.1, 0.15) is 54.4 Å². The summed E-state index contributed by atoms with van der Waals surface area (Å²) in [5.74, 6) is 1.22. The van der Waals surface area contributed by atoms with Gasteiger partial charge in [0.2, 0.25) is 5.91 Å². The Morgan fingerprint density at radius 2 is 1.83 bits per heavy atom. The highest BCUT2D eigenvalue weighted by Crippen LogP contribution is 2.16. The number of hydrogen-bond donors (Lipinski definition) is 3. The lowest BCUT2D eigenvalue weighted by Crippen LogP contribution is -2.42. The minimum absolute atomic E-state index is 0.0395. The molecule has 0 atom stereocenters. The summed E-state index contributed by atoms with van der Waals surface area (Å²) in [6, 6.07) is 7.64. The standard InChI is InChI=1S/C22H38N4O3/c1-7-8-14-28-15-13-23-21(24-16-20(27)26-22(4,5)6)25-18-9-11-19(12-10-18)29-17(2)3/h9-12,17H,7-8,13-16H2,1-6H3,(H,26,27)(H2,23,24,25). The first-order valence-corrected chi connectivity index (χ1v) is 10.4. The van der Waals surface area contributed by atoms with Crippen LogP contribution in [-0.2, 0) is 9.53 Å². The highest BCUT2D eigenvalue weighted by Gasteiger charge is 2.13. The van der Waals surface area contributed by atoms with E-state index in [2.05, 4.69) is 27.9 Å². The second-order valence-electron chi connectivity index (χ2n) is 8.17. The molecular formula is C22H38N4O3. The number of aliphatic imine (C=N–C) groups is 1. The molecule has 0 aliphatic rings. The van der Waals surface area contributed by atoms with Crippen molar-refractivity contribution in [3.63, 3.8) is 0 Å². The summed E-state index contributed by atoms with van der Waals surface area (Å²) >= 11 is 0. The first-order chi connectivity index (χ1) is 13.7. The third kappa shape index (κ3) is 12.7. The van der Waals surface area contributed by atoms with E-state index in [1.807, 2.05) is 58.9 Å². The summed E-state index contributed by atoms with van der Waals surface area (Å²) in [6.07, 6.45) is 2.29. The molecule has 1 amide bonds. The van der Waals surface area contributed by atoms with Gasteiger partial charge in [0.1, 0.15) is 12.3 Å². The second-order valence-corrected chi connectivity index (χ2v) is 8.17. The van der Waals surface area contributed by atoms with E-state index in [0.29, 0.717) is 19.1 Å². The monoisotopic (exact) mass is 406 g/mol. The Balaban J connectivity index is 2.67. The highest BCUT2D eigenvalue weighted by atomic mass is 16.5. The number of hydrogen-bond acceptors (Lipinski definition) is 4. The third-order valence-electron chi connectivity index (χ3n) is 3.57. The van der Waals surface area contributed by atoms with Gasteiger partial charge in [-0.1, -0.05) is 13.3 Å². The Bertz CT molecular complexity index is 622. The topological polar surface area (TPSA) is 84.0 Å². The predicted molar refractivity (Wildman–Crippen MR) is 120 cm³/mol. The molecule has 7 nitrogen and oxygen atoms in total. The maximum Gasteiger partial charge on any atom is 0.242 e. The predicted octanol–water partition coefficient (Wildman–Crippen LogP) is 3.56. The normalized spacial score (nSPS) is 12.0. The lowest BCUT2D eigenvalue weighted by molar-refractivity contribution is -0.121. The number of carbonyl (C=O) groups is 1. The minimum Gasteiger partial charge on any atom is -0.491 e. The minimum atomic E-state index is -0.285. The van der Waals surface area contributed by atoms with Crippen LogP contribution in [0.2, 0.25) is 0 Å². The molecule has 0 aliphatic carbocycles. The van der Waals surface area contributed by atoms with Gasteiger partial charge in [-0.25, -0.2) is 4.99 Å². The molecule has 29 heavy (non-hydrogen) atoms. The van der Waals surface area contributed by atoms with Crippen molar-refractivity contribution >= 4 is 17.6 Å². The number of unbranched alkanes of at least 4 members (excludes halogenated alkanes) is 1. The Labute approximate surface area is 175 Å². The van der Waals surface area contributed by atoms with Gasteiger partial charge in [-0.2, -0.15) is 0 Å². The highest BCUT2D eigenvalue weighted by molar-refractivity contribution is 5.95. The Morgan fingerprint density at radius 1 is 1.14 bits per heavy atom. The molecule has 0 bridgehead atoms. The summed E-state index contributed by atoms with van der Waals surface area (Å²) in [5, 5.41) is 9.35. The quantitative estimate of drug-likeness (QED) is 0.297. The van der Waals surface area contributed by atoms with Crippen LogP contribution in [0.25, 0.3) is 0 Å². The Kier molecular flexibility index (Phi) is 11.1. The maximum absolute atomic E-state index is 12.1. The van der Waals surface area contributed by atoms with Gasteiger partial charge in [0.15, 0.2) is 5.96 Å². The fraction of sp³-hybridized carbons (Fsp3) is 0.636. The van der Waals surface area contributed by atoms with Gasteiger partial charge in [0, 0.05) is 24.4 Å². The molecule has 0 radical (unpaired) electrons. The zero-order valence-electron chi connectivity index (χ0n) is 18.8. The summed E-state index contributed by atoms with van der Waals surface area (Å²) in [7, 11) is 0. The number of benzene rings is 1. The van der Waals surface area contributed by atoms with E-state index in [1.54, 1.807) is 0 Å². The molecule has 1 aromatic rings. The van der Waals surface area contributed by atoms with E-state index in [-0.39, 0.29) is 24.1 Å². The molecule has 0 spiro atoms. The summed E-state index contributed by atoms with van der Waals surface area (Å²) in [6.45, 7) is 13.9. The van der Waals surface area contributed by atoms with E-state index in [0.717, 1.165) is 30.9 Å². The van der Waals surface area contributed by atoms with Gasteiger partial charge in [-0.3, -0.25) is 4.79 Å². The molecule has 1 rings (SSSR count). The molecule has 7 heteroatoms. The van der Waals surface area contributed by atoms with Gasteiger partial charge in [-0.05, 0) is 65.3 Å². The van der Waals surface area contributed by atoms with Crippen molar-refractivity contribution in [2.45, 2.75) is 66.0 Å². The molecule has 1 aromatic carbocycles. The van der Waals surface area contributed by atoms with E-state index >= 15 is 0 Å². The molecule has 164 valence electrons. The average Bonchev–Trinajstić information content (AvgIpc) is 2.62. The molecule has 0 heterocycles. The molecule has 0 saturated carbocycles. The molecular weight excluding hydrogens is 368 g/mol. The van der Waals surface area contributed by atoms with Crippen LogP contribution in [0.5, 0.6) is 5.75 Å². The van der Waals surface area contributed by atoms with Crippen molar-refractivity contribution < 1.29 is 14.3 Å². The zero-order chi connectivity index (χ0) is 21.7. The van der Waals surface area contributed by atoms with Crippen molar-refractivity contribution in [1.29, 1.82) is 0 Å². The van der Waals surface area contributed by atoms with E-state index in [9.17, 15) is 4.79 Å². The Morgan fingerprint density at radius 3 is 2.41 bits per heavy atom. The van der Waals surface area contributed by atoms with Gasteiger partial charge < -0.3 is 25.4 Å². The lowest BCUT2D eigenvalue weighted by atomic mass is 10.1. The largest absolute Gasteiger partial charge is 0.491 e. The summed E-state index contributed by atoms with van der Waals surface area (Å²) in [4.78, 5) is 16.5. The average molecular weight is 407 g/mol. The molecule has 0 aliphatic heterocycles. The number of nitrogens with one attached hydrogen (secondary N) is 3. The number of carbonyl (C=O) groups excluding carboxylic acids is 1. The first kappa shape index (κ1) is 24.8. The van der Waals surface area contributed by atoms with E-state index < -0.39 is 0 Å². The van der Waals surface area contributed by atoms with Crippen LogP contribution in [0.3, 0.4) is 0 Å². The Hall–Kier alpha value is -2.28. The van der Waals surface area contributed by atoms with Crippen molar-refractivity contribution in [1.82, 2.24) is 10.6 Å². The van der Waals surface area contributed by atoms with Crippen LogP contribution in [0.4, 0.5) is 5.69 Å². The summed E-state index contributed by atoms with van der Waals surface area (Å²) in [5.41, 5.74) is 0.572. The smallest absolute Gasteiger partial charge is 0.242 e. The van der Waals surface area contributed by atoms with Crippen LogP contribution in [0, 0.1) is 0 Å². The number of nitrogens with zero attached hydrogens (tertiary/aromatic N) is 1. The third-order valence-corrected chi connectivity index (χ3v) is 3.57. The van der Waals surface area contributed by atoms with E-state index in [4.69, 9.17) is 9.47 Å². The van der Waals surface area contributed by atoms with Crippen molar-refractivity contribution in [3.05, 3.63) is 24.3 Å². The second kappa shape index (κ2) is 13.0. The molecule has 3 N–H and O–H groups in total. The van der Waals surface area contributed by atoms with Crippen molar-refractivity contribution in [3.8, 4) is 5.75 Å². The van der Waals surface area contributed by atoms with Crippen LogP contribution < -0.4 is 20.7 Å². The molecule has 0 saturated heterocycles. The summed E-state index contributed by atoms with van der Waals surface area (Å²) < 4.78 is 11.2. The molecule has 0 unspecified atom stereocenters. The number of ether oxygens (including phenoxy) is 2. The first-order valence-electron chi connectivity index (χ1n) is 10.4. The van der Waals surface area contributed by atoms with Crippen molar-refractivity contribution in [2.24, 2.45) is 4.99 Å². The molecule has 0 aromatic heterocycles. The number of rotatable bonds is 11. The fourth-order valence-corrected chi connectivity index (χ4v) is 2.36. The van der Waals surface area contributed by atoms with Gasteiger partial charge in [0.05, 0.1) is 12.7 Å².